The Morgan fingerprint density at radius 1 is 1.11 bits per heavy atom. The molecule has 7 nitrogen and oxygen atoms in total. The number of carboxylic acids is 1. The number of nitrogens with zero attached hydrogens (tertiary/aromatic N) is 2. The smallest absolute Gasteiger partial charge is 0.325 e. The third-order valence-corrected chi connectivity index (χ3v) is 5.98. The van der Waals surface area contributed by atoms with Crippen molar-refractivity contribution in [1.29, 1.82) is 0 Å². The molecule has 2 heterocycles. The summed E-state index contributed by atoms with van der Waals surface area (Å²) < 4.78 is 13.8. The third-order valence-electron chi connectivity index (χ3n) is 5.98. The quantitative estimate of drug-likeness (QED) is 0.667. The van der Waals surface area contributed by atoms with E-state index in [0.717, 1.165) is 32.4 Å². The highest BCUT2D eigenvalue weighted by molar-refractivity contribution is 5.85. The first-order chi connectivity index (χ1) is 12.8. The summed E-state index contributed by atoms with van der Waals surface area (Å²) in [5.74, 6) is -2.02. The van der Waals surface area contributed by atoms with E-state index in [4.69, 9.17) is 11.5 Å². The summed E-state index contributed by atoms with van der Waals surface area (Å²) in [4.78, 5) is 28.2. The molecule has 3 rings (SSSR count). The molecule has 0 bridgehead atoms. The van der Waals surface area contributed by atoms with Gasteiger partial charge in [0.05, 0.1) is 5.69 Å². The Balaban J connectivity index is 1.79. The van der Waals surface area contributed by atoms with E-state index in [0.29, 0.717) is 31.5 Å². The molecular formula is C19H27FN4O3. The van der Waals surface area contributed by atoms with Gasteiger partial charge < -0.3 is 16.6 Å². The number of amides is 1. The van der Waals surface area contributed by atoms with Gasteiger partial charge in [0.15, 0.2) is 0 Å². The van der Waals surface area contributed by atoms with E-state index in [1.807, 2.05) is 0 Å². The van der Waals surface area contributed by atoms with E-state index in [1.165, 1.54) is 18.2 Å². The number of likely N-dealkylation sites (tertiary alicyclic amines) is 2. The zero-order valence-electron chi connectivity index (χ0n) is 15.4. The average molecular weight is 378 g/mol. The maximum atomic E-state index is 13.8. The molecule has 0 saturated carbocycles. The zero-order chi connectivity index (χ0) is 19.6. The fourth-order valence-electron chi connectivity index (χ4n) is 4.42. The molecule has 1 unspecified atom stereocenters. The summed E-state index contributed by atoms with van der Waals surface area (Å²) in [6.45, 7) is 2.49. The summed E-state index contributed by atoms with van der Waals surface area (Å²) in [7, 11) is 0. The van der Waals surface area contributed by atoms with Crippen LogP contribution in [-0.4, -0.2) is 58.5 Å². The standard InChI is InChI=1S/C19H27FN4O3/c20-14-12-13(4-5-15(14)21)16(17(25)26)23-10-6-19(7-11-23,18(22)27)24-8-2-1-3-9-24/h4-5,12,16H,1-3,6-11,21H2,(H2,22,27)(H,25,26). The lowest BCUT2D eigenvalue weighted by molar-refractivity contribution is -0.146. The van der Waals surface area contributed by atoms with Crippen LogP contribution in [0.5, 0.6) is 0 Å². The molecule has 5 N–H and O–H groups in total. The van der Waals surface area contributed by atoms with Gasteiger partial charge in [-0.3, -0.25) is 19.4 Å². The summed E-state index contributed by atoms with van der Waals surface area (Å²) in [5.41, 5.74) is 10.9. The molecule has 2 saturated heterocycles. The molecule has 2 fully saturated rings. The van der Waals surface area contributed by atoms with Crippen LogP contribution in [-0.2, 0) is 9.59 Å². The number of nitrogen functional groups attached to an aromatic ring is 1. The number of primary amides is 1. The van der Waals surface area contributed by atoms with Crippen molar-refractivity contribution in [3.63, 3.8) is 0 Å². The van der Waals surface area contributed by atoms with Crippen molar-refractivity contribution in [2.24, 2.45) is 5.73 Å². The van der Waals surface area contributed by atoms with Crippen molar-refractivity contribution in [3.8, 4) is 0 Å². The Bertz CT molecular complexity index is 713. The minimum absolute atomic E-state index is 0.0145. The number of benzene rings is 1. The molecule has 1 amide bonds. The summed E-state index contributed by atoms with van der Waals surface area (Å²) in [6, 6.07) is 3.12. The van der Waals surface area contributed by atoms with E-state index in [-0.39, 0.29) is 11.6 Å². The van der Waals surface area contributed by atoms with E-state index in [1.54, 1.807) is 4.90 Å². The van der Waals surface area contributed by atoms with Crippen LogP contribution in [0.2, 0.25) is 0 Å². The largest absolute Gasteiger partial charge is 0.480 e. The van der Waals surface area contributed by atoms with Crippen molar-refractivity contribution in [2.75, 3.05) is 31.9 Å². The van der Waals surface area contributed by atoms with Crippen molar-refractivity contribution < 1.29 is 19.1 Å². The van der Waals surface area contributed by atoms with Gasteiger partial charge in [0.25, 0.3) is 0 Å². The topological polar surface area (TPSA) is 113 Å². The van der Waals surface area contributed by atoms with Crippen molar-refractivity contribution >= 4 is 17.6 Å². The van der Waals surface area contributed by atoms with Gasteiger partial charge in [-0.15, -0.1) is 0 Å². The predicted molar refractivity (Wildman–Crippen MR) is 99.3 cm³/mol. The van der Waals surface area contributed by atoms with Crippen molar-refractivity contribution in [3.05, 3.63) is 29.6 Å². The first-order valence-electron chi connectivity index (χ1n) is 9.42. The van der Waals surface area contributed by atoms with Gasteiger partial charge in [-0.1, -0.05) is 12.5 Å². The Hall–Kier alpha value is -2.19. The molecule has 1 aromatic carbocycles. The van der Waals surface area contributed by atoms with Crippen LogP contribution in [0, 0.1) is 5.82 Å². The molecule has 1 aromatic rings. The molecule has 2 aliphatic heterocycles. The lowest BCUT2D eigenvalue weighted by atomic mass is 9.82. The van der Waals surface area contributed by atoms with E-state index >= 15 is 0 Å². The Kier molecular flexibility index (Phi) is 5.67. The highest BCUT2D eigenvalue weighted by Crippen LogP contribution is 2.35. The molecule has 148 valence electrons. The molecule has 8 heteroatoms. The number of nitrogens with two attached hydrogens (primary N) is 2. The second-order valence-electron chi connectivity index (χ2n) is 7.50. The summed E-state index contributed by atoms with van der Waals surface area (Å²) in [5, 5.41) is 9.73. The highest BCUT2D eigenvalue weighted by atomic mass is 19.1. The molecule has 0 aliphatic carbocycles. The van der Waals surface area contributed by atoms with Gasteiger partial charge in [-0.05, 0) is 56.5 Å². The van der Waals surface area contributed by atoms with E-state index < -0.39 is 23.4 Å². The second-order valence-corrected chi connectivity index (χ2v) is 7.50. The van der Waals surface area contributed by atoms with Crippen LogP contribution in [0.25, 0.3) is 0 Å². The first kappa shape index (κ1) is 19.6. The number of aliphatic carboxylic acids is 1. The molecule has 0 aromatic heterocycles. The number of carbonyl (C=O) groups is 2. The average Bonchev–Trinajstić information content (AvgIpc) is 2.66. The van der Waals surface area contributed by atoms with Crippen LogP contribution in [0.4, 0.5) is 10.1 Å². The monoisotopic (exact) mass is 378 g/mol. The number of rotatable bonds is 5. The van der Waals surface area contributed by atoms with Crippen molar-refractivity contribution in [2.45, 2.75) is 43.7 Å². The SMILES string of the molecule is NC(=O)C1(N2CCCCC2)CCN(C(C(=O)O)c2ccc(N)c(F)c2)CC1. The number of carbonyl (C=O) groups excluding carboxylic acids is 1. The van der Waals surface area contributed by atoms with Crippen molar-refractivity contribution in [1.82, 2.24) is 9.80 Å². The molecule has 2 aliphatic rings. The normalized spacial score (nSPS) is 22.3. The number of halogens is 1. The number of piperidine rings is 2. The van der Waals surface area contributed by atoms with Gasteiger partial charge >= 0.3 is 5.97 Å². The fourth-order valence-corrected chi connectivity index (χ4v) is 4.42. The third kappa shape index (κ3) is 3.77. The molecule has 1 atom stereocenters. The fraction of sp³-hybridized carbons (Fsp3) is 0.579. The second kappa shape index (κ2) is 7.82. The molecule has 27 heavy (non-hydrogen) atoms. The Morgan fingerprint density at radius 2 is 1.74 bits per heavy atom. The van der Waals surface area contributed by atoms with Gasteiger partial charge in [0.2, 0.25) is 5.91 Å². The van der Waals surface area contributed by atoms with E-state index in [2.05, 4.69) is 4.90 Å². The van der Waals surface area contributed by atoms with Gasteiger partial charge in [0, 0.05) is 13.1 Å². The lowest BCUT2D eigenvalue weighted by Crippen LogP contribution is -2.63. The van der Waals surface area contributed by atoms with Crippen LogP contribution in [0.3, 0.4) is 0 Å². The van der Waals surface area contributed by atoms with Crippen LogP contribution in [0.15, 0.2) is 18.2 Å². The minimum atomic E-state index is -1.05. The Morgan fingerprint density at radius 3 is 2.26 bits per heavy atom. The van der Waals surface area contributed by atoms with Gasteiger partial charge in [-0.2, -0.15) is 0 Å². The zero-order valence-corrected chi connectivity index (χ0v) is 15.4. The minimum Gasteiger partial charge on any atom is -0.480 e. The number of hydrogen-bond donors (Lipinski definition) is 3. The summed E-state index contributed by atoms with van der Waals surface area (Å²) in [6.07, 6.45) is 4.19. The number of anilines is 1. The highest BCUT2D eigenvalue weighted by Gasteiger charge is 2.46. The predicted octanol–water partition coefficient (Wildman–Crippen LogP) is 1.34. The maximum absolute atomic E-state index is 13.8. The van der Waals surface area contributed by atoms with E-state index in [9.17, 15) is 19.1 Å². The summed E-state index contributed by atoms with van der Waals surface area (Å²) >= 11 is 0. The molecule has 0 radical (unpaired) electrons. The van der Waals surface area contributed by atoms with Gasteiger partial charge in [0.1, 0.15) is 17.4 Å². The van der Waals surface area contributed by atoms with Gasteiger partial charge in [-0.25, -0.2) is 4.39 Å². The first-order valence-corrected chi connectivity index (χ1v) is 9.42. The number of hydrogen-bond acceptors (Lipinski definition) is 5. The molecular weight excluding hydrogens is 351 g/mol. The van der Waals surface area contributed by atoms with Crippen LogP contribution < -0.4 is 11.5 Å². The number of carboxylic acid groups (broad SMARTS) is 1. The van der Waals surface area contributed by atoms with Crippen LogP contribution in [0.1, 0.15) is 43.7 Å². The Labute approximate surface area is 158 Å². The molecule has 0 spiro atoms. The van der Waals surface area contributed by atoms with Crippen LogP contribution >= 0.6 is 0 Å². The maximum Gasteiger partial charge on any atom is 0.325 e. The lowest BCUT2D eigenvalue weighted by Gasteiger charge is -2.49.